The van der Waals surface area contributed by atoms with Crippen molar-refractivity contribution in [2.24, 2.45) is 5.10 Å². The highest BCUT2D eigenvalue weighted by molar-refractivity contribution is 6.36. The molecule has 0 aromatic heterocycles. The van der Waals surface area contributed by atoms with Gasteiger partial charge in [-0.05, 0) is 29.8 Å². The van der Waals surface area contributed by atoms with Crippen LogP contribution in [0.4, 0.5) is 0 Å². The van der Waals surface area contributed by atoms with Crippen LogP contribution in [0.15, 0.2) is 41.5 Å². The molecule has 116 valence electrons. The van der Waals surface area contributed by atoms with E-state index < -0.39 is 0 Å². The van der Waals surface area contributed by atoms with Crippen molar-refractivity contribution in [1.82, 2.24) is 5.43 Å². The quantitative estimate of drug-likeness (QED) is 0.636. The molecule has 0 heterocycles. The third-order valence-electron chi connectivity index (χ3n) is 2.99. The fraction of sp³-hybridized carbons (Fsp3) is 0.188. The largest absolute Gasteiger partial charge is 0.493 e. The first-order chi connectivity index (χ1) is 10.6. The Bertz CT molecular complexity index is 675. The molecule has 0 aliphatic heterocycles. The first kappa shape index (κ1) is 16.5. The summed E-state index contributed by atoms with van der Waals surface area (Å²) < 4.78 is 10.5. The predicted octanol–water partition coefficient (Wildman–Crippen LogP) is 4.13. The van der Waals surface area contributed by atoms with Crippen LogP contribution in [-0.4, -0.2) is 20.4 Å². The van der Waals surface area contributed by atoms with Crippen molar-refractivity contribution in [2.75, 3.05) is 14.2 Å². The highest BCUT2D eigenvalue weighted by Gasteiger charge is 2.04. The zero-order chi connectivity index (χ0) is 15.9. The van der Waals surface area contributed by atoms with Crippen LogP contribution in [0.2, 0.25) is 10.0 Å². The third-order valence-corrected chi connectivity index (χ3v) is 3.55. The summed E-state index contributed by atoms with van der Waals surface area (Å²) in [5, 5.41) is 5.31. The van der Waals surface area contributed by atoms with Crippen LogP contribution in [0.25, 0.3) is 0 Å². The lowest BCUT2D eigenvalue weighted by molar-refractivity contribution is 0.354. The molecule has 0 amide bonds. The van der Waals surface area contributed by atoms with Crippen molar-refractivity contribution in [1.29, 1.82) is 0 Å². The highest BCUT2D eigenvalue weighted by Crippen LogP contribution is 2.27. The number of benzene rings is 2. The summed E-state index contributed by atoms with van der Waals surface area (Å²) in [6.45, 7) is 0.558. The maximum Gasteiger partial charge on any atom is 0.161 e. The van der Waals surface area contributed by atoms with E-state index in [4.69, 9.17) is 32.7 Å². The number of nitrogens with one attached hydrogen (secondary N) is 1. The van der Waals surface area contributed by atoms with Gasteiger partial charge < -0.3 is 14.9 Å². The van der Waals surface area contributed by atoms with Crippen LogP contribution in [-0.2, 0) is 6.54 Å². The van der Waals surface area contributed by atoms with E-state index >= 15 is 0 Å². The van der Waals surface area contributed by atoms with Gasteiger partial charge in [0.05, 0.1) is 32.0 Å². The van der Waals surface area contributed by atoms with Crippen LogP contribution in [0.5, 0.6) is 11.5 Å². The lowest BCUT2D eigenvalue weighted by Crippen LogP contribution is -2.06. The molecule has 22 heavy (non-hydrogen) atoms. The fourth-order valence-corrected chi connectivity index (χ4v) is 2.31. The van der Waals surface area contributed by atoms with Crippen LogP contribution in [0, 0.1) is 0 Å². The average molecular weight is 339 g/mol. The molecule has 4 nitrogen and oxygen atoms in total. The van der Waals surface area contributed by atoms with E-state index in [1.807, 2.05) is 24.3 Å². The summed E-state index contributed by atoms with van der Waals surface area (Å²) in [4.78, 5) is 0. The topological polar surface area (TPSA) is 42.8 Å². The molecule has 0 bridgehead atoms. The van der Waals surface area contributed by atoms with E-state index in [9.17, 15) is 0 Å². The van der Waals surface area contributed by atoms with Gasteiger partial charge in [0.25, 0.3) is 0 Å². The van der Waals surface area contributed by atoms with E-state index in [0.29, 0.717) is 28.1 Å². The van der Waals surface area contributed by atoms with Gasteiger partial charge in [-0.1, -0.05) is 35.3 Å². The molecule has 0 atom stereocenters. The van der Waals surface area contributed by atoms with Crippen molar-refractivity contribution >= 4 is 29.4 Å². The Morgan fingerprint density at radius 3 is 2.50 bits per heavy atom. The molecule has 2 aromatic rings. The number of hydrogen-bond donors (Lipinski definition) is 1. The molecular weight excluding hydrogens is 323 g/mol. The molecular formula is C16H16Cl2N2O2. The molecule has 0 radical (unpaired) electrons. The minimum atomic E-state index is 0.558. The predicted molar refractivity (Wildman–Crippen MR) is 90.4 cm³/mol. The zero-order valence-electron chi connectivity index (χ0n) is 12.3. The van der Waals surface area contributed by atoms with Crippen molar-refractivity contribution in [3.8, 4) is 11.5 Å². The van der Waals surface area contributed by atoms with Crippen molar-refractivity contribution in [3.63, 3.8) is 0 Å². The summed E-state index contributed by atoms with van der Waals surface area (Å²) in [6.07, 6.45) is 1.65. The van der Waals surface area contributed by atoms with Crippen molar-refractivity contribution in [3.05, 3.63) is 57.6 Å². The van der Waals surface area contributed by atoms with Gasteiger partial charge in [0.2, 0.25) is 0 Å². The monoisotopic (exact) mass is 338 g/mol. The Morgan fingerprint density at radius 2 is 1.82 bits per heavy atom. The number of halogens is 2. The van der Waals surface area contributed by atoms with Gasteiger partial charge in [-0.3, -0.25) is 0 Å². The summed E-state index contributed by atoms with van der Waals surface area (Å²) in [7, 11) is 3.21. The Kier molecular flexibility index (Phi) is 5.92. The van der Waals surface area contributed by atoms with E-state index in [0.717, 1.165) is 11.1 Å². The molecule has 0 aliphatic carbocycles. The van der Waals surface area contributed by atoms with E-state index in [-0.39, 0.29) is 0 Å². The van der Waals surface area contributed by atoms with E-state index in [2.05, 4.69) is 10.5 Å². The standard InChI is InChI=1S/C16H16Cl2N2O2/c1-21-15-6-3-11(7-16(15)22-2)9-19-20-10-12-4-5-13(17)8-14(12)18/h3-8,10,19H,9H2,1-2H3/b20-10+. The molecule has 0 unspecified atom stereocenters. The van der Waals surface area contributed by atoms with Gasteiger partial charge in [0.1, 0.15) is 0 Å². The maximum atomic E-state index is 6.06. The Hall–Kier alpha value is -1.91. The van der Waals surface area contributed by atoms with Gasteiger partial charge >= 0.3 is 0 Å². The van der Waals surface area contributed by atoms with Crippen LogP contribution in [0.1, 0.15) is 11.1 Å². The Labute approximate surface area is 139 Å². The molecule has 2 aromatic carbocycles. The van der Waals surface area contributed by atoms with Crippen molar-refractivity contribution < 1.29 is 9.47 Å². The summed E-state index contributed by atoms with van der Waals surface area (Å²) in [5.74, 6) is 1.38. The van der Waals surface area contributed by atoms with E-state index in [1.54, 1.807) is 32.6 Å². The van der Waals surface area contributed by atoms with Gasteiger partial charge in [0, 0.05) is 10.6 Å². The zero-order valence-corrected chi connectivity index (χ0v) is 13.8. The molecule has 0 fully saturated rings. The minimum absolute atomic E-state index is 0.558. The second-order valence-electron chi connectivity index (χ2n) is 4.45. The van der Waals surface area contributed by atoms with Gasteiger partial charge in [0.15, 0.2) is 11.5 Å². The number of ether oxygens (including phenoxy) is 2. The Balaban J connectivity index is 1.97. The number of methoxy groups -OCH3 is 2. The van der Waals surface area contributed by atoms with Crippen LogP contribution >= 0.6 is 23.2 Å². The second-order valence-corrected chi connectivity index (χ2v) is 5.29. The molecule has 0 aliphatic rings. The summed E-state index contributed by atoms with van der Waals surface area (Å²) in [6, 6.07) is 11.0. The molecule has 2 rings (SSSR count). The minimum Gasteiger partial charge on any atom is -0.493 e. The first-order valence-electron chi connectivity index (χ1n) is 6.56. The molecule has 0 saturated heterocycles. The lowest BCUT2D eigenvalue weighted by Gasteiger charge is -2.09. The normalized spacial score (nSPS) is 10.7. The average Bonchev–Trinajstić information content (AvgIpc) is 2.53. The molecule has 6 heteroatoms. The van der Waals surface area contributed by atoms with Gasteiger partial charge in [-0.15, -0.1) is 0 Å². The second kappa shape index (κ2) is 7.92. The number of nitrogens with zero attached hydrogens (tertiary/aromatic N) is 1. The lowest BCUT2D eigenvalue weighted by atomic mass is 10.2. The third kappa shape index (κ3) is 4.29. The Morgan fingerprint density at radius 1 is 1.05 bits per heavy atom. The fourth-order valence-electron chi connectivity index (χ4n) is 1.85. The number of hydrogen-bond acceptors (Lipinski definition) is 4. The highest BCUT2D eigenvalue weighted by atomic mass is 35.5. The molecule has 0 spiro atoms. The summed E-state index contributed by atoms with van der Waals surface area (Å²) >= 11 is 11.9. The van der Waals surface area contributed by atoms with E-state index in [1.165, 1.54) is 0 Å². The van der Waals surface area contributed by atoms with Gasteiger partial charge in [-0.2, -0.15) is 5.10 Å². The SMILES string of the molecule is COc1ccc(CN/N=C/c2ccc(Cl)cc2Cl)cc1OC. The molecule has 1 N–H and O–H groups in total. The maximum absolute atomic E-state index is 6.06. The molecule has 0 saturated carbocycles. The first-order valence-corrected chi connectivity index (χ1v) is 7.31. The number of hydrazone groups is 1. The van der Waals surface area contributed by atoms with Crippen LogP contribution in [0.3, 0.4) is 0 Å². The van der Waals surface area contributed by atoms with Crippen LogP contribution < -0.4 is 14.9 Å². The smallest absolute Gasteiger partial charge is 0.161 e. The number of rotatable bonds is 6. The van der Waals surface area contributed by atoms with Gasteiger partial charge in [-0.25, -0.2) is 0 Å². The van der Waals surface area contributed by atoms with Crippen molar-refractivity contribution in [2.45, 2.75) is 6.54 Å². The summed E-state index contributed by atoms with van der Waals surface area (Å²) in [5.41, 5.74) is 4.78.